The monoisotopic (exact) mass is 324 g/mol. The van der Waals surface area contributed by atoms with Crippen molar-refractivity contribution in [3.05, 3.63) is 59.7 Å². The maximum absolute atomic E-state index is 12.2. The normalized spacial score (nSPS) is 10.7. The van der Waals surface area contributed by atoms with Crippen LogP contribution in [0.1, 0.15) is 5.56 Å². The van der Waals surface area contributed by atoms with E-state index in [4.69, 9.17) is 4.74 Å². The molecule has 0 spiro atoms. The first-order valence-corrected chi connectivity index (χ1v) is 8.10. The Balaban J connectivity index is 2.25. The van der Waals surface area contributed by atoms with Crippen molar-refractivity contribution in [2.45, 2.75) is 4.90 Å². The average Bonchev–Trinajstić information content (AvgIpc) is 2.60. The molecule has 4 nitrogen and oxygen atoms in total. The van der Waals surface area contributed by atoms with Crippen LogP contribution in [0.25, 0.3) is 6.08 Å². The van der Waals surface area contributed by atoms with Gasteiger partial charge in [0, 0.05) is 10.6 Å². The number of nitrogens with one attached hydrogen (secondary N) is 1. The Morgan fingerprint density at radius 3 is 2.61 bits per heavy atom. The van der Waals surface area contributed by atoms with Crippen molar-refractivity contribution in [1.82, 2.24) is 0 Å². The quantitative estimate of drug-likeness (QED) is 0.514. The lowest BCUT2D eigenvalue weighted by atomic mass is 10.1. The molecule has 0 atom stereocenters. The molecule has 0 unspecified atom stereocenters. The summed E-state index contributed by atoms with van der Waals surface area (Å²) < 4.78 is 5.31. The van der Waals surface area contributed by atoms with Crippen LogP contribution in [0, 0.1) is 11.3 Å². The van der Waals surface area contributed by atoms with Crippen LogP contribution in [0.4, 0.5) is 5.69 Å². The smallest absolute Gasteiger partial charge is 0.266 e. The van der Waals surface area contributed by atoms with Crippen molar-refractivity contribution in [2.24, 2.45) is 0 Å². The fraction of sp³-hybridized carbons (Fsp3) is 0.111. The lowest BCUT2D eigenvalue weighted by molar-refractivity contribution is -0.112. The van der Waals surface area contributed by atoms with Gasteiger partial charge in [0.15, 0.2) is 0 Å². The van der Waals surface area contributed by atoms with Crippen LogP contribution in [-0.4, -0.2) is 19.3 Å². The molecule has 1 amide bonds. The van der Waals surface area contributed by atoms with Crippen LogP contribution in [0.2, 0.25) is 0 Å². The summed E-state index contributed by atoms with van der Waals surface area (Å²) >= 11 is 1.57. The van der Waals surface area contributed by atoms with Gasteiger partial charge in [0.25, 0.3) is 5.91 Å². The van der Waals surface area contributed by atoms with E-state index in [1.165, 1.54) is 0 Å². The number of benzene rings is 2. The lowest BCUT2D eigenvalue weighted by Gasteiger charge is -2.07. The molecule has 2 aromatic carbocycles. The Bertz CT molecular complexity index is 764. The fourth-order valence-electron chi connectivity index (χ4n) is 1.98. The number of carbonyl (C=O) groups is 1. The van der Waals surface area contributed by atoms with Gasteiger partial charge in [0.05, 0.1) is 7.11 Å². The summed E-state index contributed by atoms with van der Waals surface area (Å²) in [5.41, 5.74) is 1.42. The van der Waals surface area contributed by atoms with Crippen LogP contribution in [-0.2, 0) is 4.79 Å². The lowest BCUT2D eigenvalue weighted by Crippen LogP contribution is -2.13. The molecule has 0 aliphatic rings. The number of nitriles is 1. The zero-order valence-corrected chi connectivity index (χ0v) is 13.7. The van der Waals surface area contributed by atoms with Gasteiger partial charge in [-0.15, -0.1) is 11.8 Å². The van der Waals surface area contributed by atoms with E-state index in [1.54, 1.807) is 43.1 Å². The predicted octanol–water partition coefficient (Wildman–Crippen LogP) is 3.96. The van der Waals surface area contributed by atoms with E-state index < -0.39 is 5.91 Å². The summed E-state index contributed by atoms with van der Waals surface area (Å²) in [5, 5.41) is 11.9. The third-order valence-electron chi connectivity index (χ3n) is 3.12. The van der Waals surface area contributed by atoms with Crippen molar-refractivity contribution >= 4 is 29.4 Å². The summed E-state index contributed by atoms with van der Waals surface area (Å²) in [6, 6.07) is 16.5. The van der Waals surface area contributed by atoms with Gasteiger partial charge in [-0.3, -0.25) is 4.79 Å². The molecule has 5 heteroatoms. The topological polar surface area (TPSA) is 62.1 Å². The number of hydrogen-bond acceptors (Lipinski definition) is 4. The van der Waals surface area contributed by atoms with Gasteiger partial charge in [-0.2, -0.15) is 5.26 Å². The molecule has 0 aliphatic carbocycles. The molecule has 1 N–H and O–H groups in total. The first-order valence-electron chi connectivity index (χ1n) is 6.88. The Morgan fingerprint density at radius 2 is 2.00 bits per heavy atom. The van der Waals surface area contributed by atoms with E-state index in [0.29, 0.717) is 11.4 Å². The summed E-state index contributed by atoms with van der Waals surface area (Å²) in [4.78, 5) is 13.2. The van der Waals surface area contributed by atoms with Gasteiger partial charge < -0.3 is 10.1 Å². The Kier molecular flexibility index (Phi) is 5.84. The number of rotatable bonds is 5. The third-order valence-corrected chi connectivity index (χ3v) is 3.89. The van der Waals surface area contributed by atoms with Crippen LogP contribution < -0.4 is 10.1 Å². The molecule has 2 rings (SSSR count). The van der Waals surface area contributed by atoms with Gasteiger partial charge in [-0.05, 0) is 42.2 Å². The third kappa shape index (κ3) is 4.38. The van der Waals surface area contributed by atoms with E-state index in [9.17, 15) is 10.1 Å². The first-order chi connectivity index (χ1) is 11.2. The molecule has 0 saturated heterocycles. The molecule has 0 saturated carbocycles. The summed E-state index contributed by atoms with van der Waals surface area (Å²) in [7, 11) is 1.59. The molecular weight excluding hydrogens is 308 g/mol. The number of para-hydroxylation sites is 1. The van der Waals surface area contributed by atoms with Crippen molar-refractivity contribution < 1.29 is 9.53 Å². The minimum atomic E-state index is -0.438. The van der Waals surface area contributed by atoms with Crippen molar-refractivity contribution in [1.29, 1.82) is 5.26 Å². The zero-order chi connectivity index (χ0) is 16.7. The molecule has 23 heavy (non-hydrogen) atoms. The molecule has 0 aromatic heterocycles. The van der Waals surface area contributed by atoms with Gasteiger partial charge in [-0.25, -0.2) is 0 Å². The number of methoxy groups -OCH3 is 1. The predicted molar refractivity (Wildman–Crippen MR) is 93.4 cm³/mol. The van der Waals surface area contributed by atoms with Gasteiger partial charge in [0.2, 0.25) is 0 Å². The van der Waals surface area contributed by atoms with E-state index >= 15 is 0 Å². The summed E-state index contributed by atoms with van der Waals surface area (Å²) in [6.45, 7) is 0. The Hall–Kier alpha value is -2.71. The van der Waals surface area contributed by atoms with Crippen LogP contribution in [0.15, 0.2) is 59.0 Å². The van der Waals surface area contributed by atoms with Crippen molar-refractivity contribution in [2.75, 3.05) is 18.7 Å². The second kappa shape index (κ2) is 8.06. The number of ether oxygens (including phenoxy) is 1. The molecule has 116 valence electrons. The van der Waals surface area contributed by atoms with Crippen molar-refractivity contribution in [3.63, 3.8) is 0 Å². The molecule has 2 aromatic rings. The Morgan fingerprint density at radius 1 is 1.26 bits per heavy atom. The molecule has 0 heterocycles. The minimum Gasteiger partial charge on any atom is -0.496 e. The number of carbonyl (C=O) groups excluding carboxylic acids is 1. The van der Waals surface area contributed by atoms with E-state index in [2.05, 4.69) is 5.32 Å². The number of hydrogen-bond donors (Lipinski definition) is 1. The first kappa shape index (κ1) is 16.7. The van der Waals surface area contributed by atoms with Gasteiger partial charge >= 0.3 is 0 Å². The number of nitrogens with zero attached hydrogens (tertiary/aromatic N) is 1. The van der Waals surface area contributed by atoms with Gasteiger partial charge in [0.1, 0.15) is 17.4 Å². The highest BCUT2D eigenvalue weighted by molar-refractivity contribution is 7.98. The highest BCUT2D eigenvalue weighted by atomic mass is 32.2. The largest absolute Gasteiger partial charge is 0.496 e. The molecule has 0 aliphatic heterocycles. The minimum absolute atomic E-state index is 0.0350. The SMILES string of the molecule is COc1cc(/C=C(/C#N)C(=O)Nc2ccccc2)ccc1SC. The molecule has 0 bridgehead atoms. The maximum Gasteiger partial charge on any atom is 0.266 e. The summed E-state index contributed by atoms with van der Waals surface area (Å²) in [5.74, 6) is 0.276. The second-order valence-electron chi connectivity index (χ2n) is 4.60. The van der Waals surface area contributed by atoms with Crippen LogP contribution in [0.5, 0.6) is 5.75 Å². The van der Waals surface area contributed by atoms with Crippen molar-refractivity contribution in [3.8, 4) is 11.8 Å². The van der Waals surface area contributed by atoms with E-state index in [-0.39, 0.29) is 5.57 Å². The van der Waals surface area contributed by atoms with E-state index in [1.807, 2.05) is 42.7 Å². The number of thioether (sulfide) groups is 1. The number of anilines is 1. The second-order valence-corrected chi connectivity index (χ2v) is 5.45. The maximum atomic E-state index is 12.2. The average molecular weight is 324 g/mol. The molecular formula is C18H16N2O2S. The zero-order valence-electron chi connectivity index (χ0n) is 12.9. The summed E-state index contributed by atoms with van der Waals surface area (Å²) in [6.07, 6.45) is 3.51. The number of amides is 1. The van der Waals surface area contributed by atoms with Crippen LogP contribution in [0.3, 0.4) is 0 Å². The highest BCUT2D eigenvalue weighted by Gasteiger charge is 2.10. The van der Waals surface area contributed by atoms with Crippen LogP contribution >= 0.6 is 11.8 Å². The molecule has 0 fully saturated rings. The Labute approximate surface area is 139 Å². The van der Waals surface area contributed by atoms with Gasteiger partial charge in [-0.1, -0.05) is 24.3 Å². The fourth-order valence-corrected chi connectivity index (χ4v) is 2.53. The standard InChI is InChI=1S/C18H16N2O2S/c1-22-16-11-13(8-9-17(16)23-2)10-14(12-19)18(21)20-15-6-4-3-5-7-15/h3-11H,1-2H3,(H,20,21)/b14-10-. The molecule has 0 radical (unpaired) electrons. The highest BCUT2D eigenvalue weighted by Crippen LogP contribution is 2.29. The van der Waals surface area contributed by atoms with E-state index in [0.717, 1.165) is 10.5 Å².